The fourth-order valence-electron chi connectivity index (χ4n) is 4.52. The maximum absolute atomic E-state index is 13.3. The molecule has 1 aliphatic rings. The normalized spacial score (nSPS) is 18.2. The van der Waals surface area contributed by atoms with Gasteiger partial charge < -0.3 is 14.4 Å². The van der Waals surface area contributed by atoms with Gasteiger partial charge in [-0.2, -0.15) is 0 Å². The molecule has 34 heavy (non-hydrogen) atoms. The Morgan fingerprint density at radius 2 is 1.94 bits per heavy atom. The number of fused-ring (bicyclic) bond motifs is 1. The topological polar surface area (TPSA) is 90.2 Å². The van der Waals surface area contributed by atoms with Crippen molar-refractivity contribution < 1.29 is 19.1 Å². The Morgan fingerprint density at radius 1 is 1.15 bits per heavy atom. The molecule has 0 radical (unpaired) electrons. The lowest BCUT2D eigenvalue weighted by molar-refractivity contribution is -0.158. The average Bonchev–Trinajstić information content (AvgIpc) is 2.86. The zero-order valence-corrected chi connectivity index (χ0v) is 19.5. The highest BCUT2D eigenvalue weighted by molar-refractivity contribution is 5.82. The molecule has 2 aromatic heterocycles. The first-order valence-corrected chi connectivity index (χ1v) is 11.6. The van der Waals surface area contributed by atoms with Crippen LogP contribution in [0.4, 0.5) is 0 Å². The third kappa shape index (κ3) is 4.81. The first-order valence-electron chi connectivity index (χ1n) is 11.6. The lowest BCUT2D eigenvalue weighted by Crippen LogP contribution is -2.46. The number of hydrogen-bond donors (Lipinski definition) is 0. The molecule has 8 heteroatoms. The van der Waals surface area contributed by atoms with E-state index in [2.05, 4.69) is 11.9 Å². The lowest BCUT2D eigenvalue weighted by Gasteiger charge is -2.40. The van der Waals surface area contributed by atoms with Crippen LogP contribution in [0.25, 0.3) is 5.65 Å². The van der Waals surface area contributed by atoms with E-state index in [-0.39, 0.29) is 24.5 Å². The number of ether oxygens (including phenoxy) is 2. The number of benzene rings is 1. The Labute approximate surface area is 198 Å². The van der Waals surface area contributed by atoms with Crippen molar-refractivity contribution in [3.05, 3.63) is 76.3 Å². The number of nitrogens with zero attached hydrogens (tertiary/aromatic N) is 3. The van der Waals surface area contributed by atoms with E-state index in [1.807, 2.05) is 24.3 Å². The second-order valence-electron chi connectivity index (χ2n) is 8.39. The molecule has 178 valence electrons. The fraction of sp³-hybridized carbons (Fsp3) is 0.385. The summed E-state index contributed by atoms with van der Waals surface area (Å²) in [5.41, 5.74) is 1.42. The van der Waals surface area contributed by atoms with Gasteiger partial charge in [-0.3, -0.25) is 18.8 Å². The van der Waals surface area contributed by atoms with Crippen molar-refractivity contribution in [2.24, 2.45) is 5.92 Å². The van der Waals surface area contributed by atoms with Crippen molar-refractivity contribution in [2.75, 3.05) is 13.7 Å². The van der Waals surface area contributed by atoms with Gasteiger partial charge in [-0.15, -0.1) is 0 Å². The molecule has 1 aromatic carbocycles. The SMILES string of the molecule is CCCCN1C(=O)CC[C@H](C(=O)OCc2cc(=O)n3ccccc3n2)[C@@H]1c1ccccc1OC. The van der Waals surface area contributed by atoms with Gasteiger partial charge in [0.15, 0.2) is 0 Å². The van der Waals surface area contributed by atoms with Crippen LogP contribution in [0.3, 0.4) is 0 Å². The van der Waals surface area contributed by atoms with Crippen LogP contribution in [0, 0.1) is 5.92 Å². The Bertz CT molecular complexity index is 1240. The van der Waals surface area contributed by atoms with E-state index >= 15 is 0 Å². The number of hydrogen-bond acceptors (Lipinski definition) is 6. The summed E-state index contributed by atoms with van der Waals surface area (Å²) in [4.78, 5) is 44.8. The van der Waals surface area contributed by atoms with Gasteiger partial charge in [0.1, 0.15) is 18.0 Å². The summed E-state index contributed by atoms with van der Waals surface area (Å²) in [7, 11) is 1.58. The molecule has 3 heterocycles. The number of carbonyl (C=O) groups excluding carboxylic acids is 2. The predicted octanol–water partition coefficient (Wildman–Crippen LogP) is 3.53. The molecule has 8 nitrogen and oxygen atoms in total. The lowest BCUT2D eigenvalue weighted by atomic mass is 9.83. The number of rotatable bonds is 8. The summed E-state index contributed by atoms with van der Waals surface area (Å²) in [5.74, 6) is -0.310. The maximum atomic E-state index is 13.3. The number of methoxy groups -OCH3 is 1. The van der Waals surface area contributed by atoms with Gasteiger partial charge in [-0.05, 0) is 31.0 Å². The van der Waals surface area contributed by atoms with Gasteiger partial charge in [-0.25, -0.2) is 4.98 Å². The summed E-state index contributed by atoms with van der Waals surface area (Å²) < 4.78 is 12.6. The van der Waals surface area contributed by atoms with E-state index in [1.165, 1.54) is 10.5 Å². The van der Waals surface area contributed by atoms with E-state index < -0.39 is 17.9 Å². The molecule has 1 aliphatic heterocycles. The van der Waals surface area contributed by atoms with E-state index in [0.29, 0.717) is 30.1 Å². The van der Waals surface area contributed by atoms with Gasteiger partial charge in [-0.1, -0.05) is 37.6 Å². The zero-order chi connectivity index (χ0) is 24.1. The molecular formula is C26H29N3O5. The van der Waals surface area contributed by atoms with Gasteiger partial charge in [0.05, 0.1) is 24.8 Å². The van der Waals surface area contributed by atoms with E-state index in [4.69, 9.17) is 9.47 Å². The van der Waals surface area contributed by atoms with Crippen LogP contribution < -0.4 is 10.3 Å². The van der Waals surface area contributed by atoms with Crippen molar-refractivity contribution in [1.29, 1.82) is 0 Å². The molecule has 1 saturated heterocycles. The highest BCUT2D eigenvalue weighted by Crippen LogP contribution is 2.41. The van der Waals surface area contributed by atoms with Crippen molar-refractivity contribution in [3.8, 4) is 5.75 Å². The van der Waals surface area contributed by atoms with E-state index in [0.717, 1.165) is 18.4 Å². The third-order valence-electron chi connectivity index (χ3n) is 6.21. The Balaban J connectivity index is 1.60. The first kappa shape index (κ1) is 23.5. The number of esters is 1. The highest BCUT2D eigenvalue weighted by atomic mass is 16.5. The summed E-state index contributed by atoms with van der Waals surface area (Å²) in [6.45, 7) is 2.51. The van der Waals surface area contributed by atoms with Crippen molar-refractivity contribution >= 4 is 17.5 Å². The molecule has 0 N–H and O–H groups in total. The summed E-state index contributed by atoms with van der Waals surface area (Å²) >= 11 is 0. The van der Waals surface area contributed by atoms with E-state index in [9.17, 15) is 14.4 Å². The number of pyridine rings is 1. The number of para-hydroxylation sites is 1. The van der Waals surface area contributed by atoms with Crippen LogP contribution in [0.2, 0.25) is 0 Å². The van der Waals surface area contributed by atoms with Crippen LogP contribution >= 0.6 is 0 Å². The smallest absolute Gasteiger partial charge is 0.311 e. The Hall–Kier alpha value is -3.68. The van der Waals surface area contributed by atoms with Crippen molar-refractivity contribution in [1.82, 2.24) is 14.3 Å². The maximum Gasteiger partial charge on any atom is 0.311 e. The van der Waals surface area contributed by atoms with Crippen molar-refractivity contribution in [3.63, 3.8) is 0 Å². The predicted molar refractivity (Wildman–Crippen MR) is 126 cm³/mol. The minimum absolute atomic E-state index is 0.0256. The van der Waals surface area contributed by atoms with Gasteiger partial charge in [0.25, 0.3) is 5.56 Å². The van der Waals surface area contributed by atoms with Gasteiger partial charge in [0.2, 0.25) is 5.91 Å². The molecule has 1 amide bonds. The zero-order valence-electron chi connectivity index (χ0n) is 19.5. The minimum Gasteiger partial charge on any atom is -0.496 e. The molecule has 0 bridgehead atoms. The van der Waals surface area contributed by atoms with Crippen LogP contribution in [-0.4, -0.2) is 39.8 Å². The largest absolute Gasteiger partial charge is 0.496 e. The van der Waals surface area contributed by atoms with Gasteiger partial charge in [0, 0.05) is 30.8 Å². The molecule has 2 atom stereocenters. The molecule has 0 unspecified atom stereocenters. The second kappa shape index (κ2) is 10.5. The summed E-state index contributed by atoms with van der Waals surface area (Å²) in [6, 6.07) is 13.6. The van der Waals surface area contributed by atoms with E-state index in [1.54, 1.807) is 36.4 Å². The number of likely N-dealkylation sites (tertiary alicyclic amines) is 1. The van der Waals surface area contributed by atoms with Crippen LogP contribution in [-0.2, 0) is 20.9 Å². The summed E-state index contributed by atoms with van der Waals surface area (Å²) in [5, 5.41) is 0. The van der Waals surface area contributed by atoms with Crippen molar-refractivity contribution in [2.45, 2.75) is 45.3 Å². The molecule has 0 aliphatic carbocycles. The standard InChI is InChI=1S/C26H29N3O5/c1-3-4-14-29-23(30)13-12-20(25(29)19-9-5-6-10-21(19)33-2)26(32)34-17-18-16-24(31)28-15-8-7-11-22(28)27-18/h5-11,15-16,20,25H,3-4,12-14,17H2,1-2H3/t20-,25-/m0/s1. The fourth-order valence-corrected chi connectivity index (χ4v) is 4.52. The minimum atomic E-state index is -0.549. The Morgan fingerprint density at radius 3 is 2.74 bits per heavy atom. The van der Waals surface area contributed by atoms with Crippen LogP contribution in [0.5, 0.6) is 5.75 Å². The number of amides is 1. The number of unbranched alkanes of at least 4 members (excludes halogenated alkanes) is 1. The second-order valence-corrected chi connectivity index (χ2v) is 8.39. The first-order chi connectivity index (χ1) is 16.5. The summed E-state index contributed by atoms with van der Waals surface area (Å²) in [6.07, 6.45) is 4.08. The van der Waals surface area contributed by atoms with Crippen LogP contribution in [0.15, 0.2) is 59.5 Å². The molecule has 1 fully saturated rings. The molecule has 4 rings (SSSR count). The number of aromatic nitrogens is 2. The average molecular weight is 464 g/mol. The third-order valence-corrected chi connectivity index (χ3v) is 6.21. The monoisotopic (exact) mass is 463 g/mol. The Kier molecular flexibility index (Phi) is 7.25. The molecule has 3 aromatic rings. The highest BCUT2D eigenvalue weighted by Gasteiger charge is 2.42. The molecule has 0 spiro atoms. The molecular weight excluding hydrogens is 434 g/mol. The number of carbonyl (C=O) groups is 2. The van der Waals surface area contributed by atoms with Crippen LogP contribution in [0.1, 0.15) is 49.9 Å². The van der Waals surface area contributed by atoms with Gasteiger partial charge >= 0.3 is 5.97 Å². The molecule has 0 saturated carbocycles. The quantitative estimate of drug-likeness (QED) is 0.475. The number of piperidine rings is 1.